The molecule has 0 spiro atoms. The van der Waals surface area contributed by atoms with Gasteiger partial charge in [-0.05, 0) is 63.1 Å². The highest BCUT2D eigenvalue weighted by Gasteiger charge is 2.15. The summed E-state index contributed by atoms with van der Waals surface area (Å²) in [5.41, 5.74) is 3.85. The fourth-order valence-electron chi connectivity index (χ4n) is 2.65. The van der Waals surface area contributed by atoms with E-state index < -0.39 is 0 Å². The second-order valence-corrected chi connectivity index (χ2v) is 6.53. The van der Waals surface area contributed by atoms with Crippen molar-refractivity contribution in [2.75, 3.05) is 0 Å². The van der Waals surface area contributed by atoms with Gasteiger partial charge in [0.2, 0.25) is 0 Å². The number of nitriles is 1. The van der Waals surface area contributed by atoms with Gasteiger partial charge < -0.3 is 9.88 Å². The van der Waals surface area contributed by atoms with Crippen molar-refractivity contribution in [1.29, 1.82) is 5.26 Å². The van der Waals surface area contributed by atoms with Crippen LogP contribution in [0.2, 0.25) is 5.02 Å². The van der Waals surface area contributed by atoms with Crippen molar-refractivity contribution >= 4 is 23.6 Å². The van der Waals surface area contributed by atoms with Gasteiger partial charge in [0.1, 0.15) is 11.6 Å². The number of hydrogen-bond donors (Lipinski definition) is 1. The minimum absolute atomic E-state index is 0.0307. The summed E-state index contributed by atoms with van der Waals surface area (Å²) >= 11 is 6.10. The van der Waals surface area contributed by atoms with Crippen molar-refractivity contribution < 1.29 is 4.79 Å². The average Bonchev–Trinajstić information content (AvgIpc) is 2.85. The molecule has 5 heteroatoms. The van der Waals surface area contributed by atoms with Crippen LogP contribution in [0.15, 0.2) is 35.9 Å². The third-order valence-electron chi connectivity index (χ3n) is 4.19. The van der Waals surface area contributed by atoms with Gasteiger partial charge in [0.05, 0.1) is 0 Å². The highest BCUT2D eigenvalue weighted by Crippen LogP contribution is 2.24. The molecule has 0 aliphatic heterocycles. The Labute approximate surface area is 153 Å². The minimum Gasteiger partial charge on any atom is -0.349 e. The molecule has 1 heterocycles. The normalized spacial score (nSPS) is 12.6. The smallest absolute Gasteiger partial charge is 0.262 e. The number of nitrogens with zero attached hydrogens (tertiary/aromatic N) is 2. The third-order valence-corrected chi connectivity index (χ3v) is 4.43. The van der Waals surface area contributed by atoms with E-state index in [4.69, 9.17) is 11.6 Å². The summed E-state index contributed by atoms with van der Waals surface area (Å²) in [5.74, 6) is -0.343. The first-order valence-electron chi connectivity index (χ1n) is 8.24. The summed E-state index contributed by atoms with van der Waals surface area (Å²) in [6.45, 7) is 7.84. The number of amides is 1. The van der Waals surface area contributed by atoms with Crippen LogP contribution < -0.4 is 5.32 Å². The van der Waals surface area contributed by atoms with E-state index in [2.05, 4.69) is 9.88 Å². The first-order chi connectivity index (χ1) is 11.9. The van der Waals surface area contributed by atoms with Crippen molar-refractivity contribution in [2.45, 2.75) is 40.2 Å². The predicted octanol–water partition coefficient (Wildman–Crippen LogP) is 4.57. The molecule has 1 aromatic heterocycles. The SMILES string of the molecule is CC[C@H](C)NC(=O)/C(C#N)=C/c1cc(C)n(-c2cccc(Cl)c2)c1C. The Kier molecular flexibility index (Phi) is 6.06. The van der Waals surface area contributed by atoms with Crippen LogP contribution in [0.4, 0.5) is 0 Å². The van der Waals surface area contributed by atoms with Gasteiger partial charge in [0.25, 0.3) is 5.91 Å². The number of aromatic nitrogens is 1. The van der Waals surface area contributed by atoms with Crippen molar-refractivity contribution in [2.24, 2.45) is 0 Å². The molecule has 1 aromatic carbocycles. The monoisotopic (exact) mass is 355 g/mol. The summed E-state index contributed by atoms with van der Waals surface area (Å²) < 4.78 is 2.05. The number of rotatable bonds is 5. The Hall–Kier alpha value is -2.51. The molecule has 4 nitrogen and oxygen atoms in total. The van der Waals surface area contributed by atoms with E-state index >= 15 is 0 Å². The molecule has 25 heavy (non-hydrogen) atoms. The Morgan fingerprint density at radius 2 is 2.12 bits per heavy atom. The van der Waals surface area contributed by atoms with Gasteiger partial charge >= 0.3 is 0 Å². The third kappa shape index (κ3) is 4.32. The molecule has 0 aliphatic carbocycles. The number of nitrogens with one attached hydrogen (secondary N) is 1. The quantitative estimate of drug-likeness (QED) is 0.631. The van der Waals surface area contributed by atoms with Gasteiger partial charge in [-0.15, -0.1) is 0 Å². The Balaban J connectivity index is 2.42. The lowest BCUT2D eigenvalue weighted by Gasteiger charge is -2.11. The van der Waals surface area contributed by atoms with Crippen molar-refractivity contribution in [3.63, 3.8) is 0 Å². The van der Waals surface area contributed by atoms with Gasteiger partial charge in [-0.2, -0.15) is 5.26 Å². The molecule has 0 aliphatic rings. The number of hydrogen-bond acceptors (Lipinski definition) is 2. The molecule has 130 valence electrons. The van der Waals surface area contributed by atoms with E-state index in [0.717, 1.165) is 29.1 Å². The highest BCUT2D eigenvalue weighted by atomic mass is 35.5. The van der Waals surface area contributed by atoms with Gasteiger partial charge in [0, 0.05) is 28.1 Å². The van der Waals surface area contributed by atoms with Crippen LogP contribution in [0.3, 0.4) is 0 Å². The average molecular weight is 356 g/mol. The van der Waals surface area contributed by atoms with Gasteiger partial charge in [-0.3, -0.25) is 4.79 Å². The van der Waals surface area contributed by atoms with Gasteiger partial charge in [-0.1, -0.05) is 24.6 Å². The highest BCUT2D eigenvalue weighted by molar-refractivity contribution is 6.30. The predicted molar refractivity (Wildman–Crippen MR) is 102 cm³/mol. The fourth-order valence-corrected chi connectivity index (χ4v) is 2.84. The maximum absolute atomic E-state index is 12.2. The van der Waals surface area contributed by atoms with E-state index in [1.54, 1.807) is 6.08 Å². The van der Waals surface area contributed by atoms with E-state index in [9.17, 15) is 10.1 Å². The molecule has 1 atom stereocenters. The van der Waals surface area contributed by atoms with Crippen molar-refractivity contribution in [1.82, 2.24) is 9.88 Å². The van der Waals surface area contributed by atoms with E-state index in [-0.39, 0.29) is 17.5 Å². The topological polar surface area (TPSA) is 57.8 Å². The number of carbonyl (C=O) groups is 1. The number of benzene rings is 1. The molecule has 0 unspecified atom stereocenters. The molecule has 0 saturated heterocycles. The van der Waals surface area contributed by atoms with Crippen LogP contribution in [0.1, 0.15) is 37.2 Å². The van der Waals surface area contributed by atoms with E-state index in [0.29, 0.717) is 5.02 Å². The van der Waals surface area contributed by atoms with Crippen molar-refractivity contribution in [3.8, 4) is 11.8 Å². The largest absolute Gasteiger partial charge is 0.349 e. The molecule has 0 radical (unpaired) electrons. The molecule has 1 N–H and O–H groups in total. The number of halogens is 1. The maximum Gasteiger partial charge on any atom is 0.262 e. The molecular weight excluding hydrogens is 334 g/mol. The Bertz CT molecular complexity index is 858. The molecule has 0 saturated carbocycles. The molecular formula is C20H22ClN3O. The standard InChI is InChI=1S/C20H22ClN3O/c1-5-13(2)23-20(25)17(12-22)10-16-9-14(3)24(15(16)4)19-8-6-7-18(21)11-19/h6-11,13H,5H2,1-4H3,(H,23,25)/b17-10+/t13-/m0/s1. The molecule has 2 rings (SSSR count). The zero-order valence-electron chi connectivity index (χ0n) is 14.9. The number of carbonyl (C=O) groups excluding carboxylic acids is 1. The van der Waals surface area contributed by atoms with Gasteiger partial charge in [-0.25, -0.2) is 0 Å². The van der Waals surface area contributed by atoms with E-state index in [1.807, 2.05) is 64.1 Å². The lowest BCUT2D eigenvalue weighted by Crippen LogP contribution is -2.32. The van der Waals surface area contributed by atoms with Crippen LogP contribution in [-0.4, -0.2) is 16.5 Å². The van der Waals surface area contributed by atoms with Crippen LogP contribution in [0.5, 0.6) is 0 Å². The van der Waals surface area contributed by atoms with Crippen LogP contribution in [0.25, 0.3) is 11.8 Å². The lowest BCUT2D eigenvalue weighted by molar-refractivity contribution is -0.117. The summed E-state index contributed by atoms with van der Waals surface area (Å²) in [4.78, 5) is 12.2. The maximum atomic E-state index is 12.2. The first kappa shape index (κ1) is 18.8. The molecule has 2 aromatic rings. The number of aryl methyl sites for hydroxylation is 1. The first-order valence-corrected chi connectivity index (χ1v) is 8.62. The molecule has 0 fully saturated rings. The van der Waals surface area contributed by atoms with E-state index in [1.165, 1.54) is 0 Å². The molecule has 1 amide bonds. The lowest BCUT2D eigenvalue weighted by atomic mass is 10.1. The zero-order valence-corrected chi connectivity index (χ0v) is 15.7. The minimum atomic E-state index is -0.343. The second-order valence-electron chi connectivity index (χ2n) is 6.09. The summed E-state index contributed by atoms with van der Waals surface area (Å²) in [7, 11) is 0. The summed E-state index contributed by atoms with van der Waals surface area (Å²) in [5, 5.41) is 12.8. The Morgan fingerprint density at radius 1 is 1.40 bits per heavy atom. The summed E-state index contributed by atoms with van der Waals surface area (Å²) in [6.07, 6.45) is 2.45. The van der Waals surface area contributed by atoms with Crippen LogP contribution >= 0.6 is 11.6 Å². The molecule has 0 bridgehead atoms. The fraction of sp³-hybridized carbons (Fsp3) is 0.300. The zero-order chi connectivity index (χ0) is 18.6. The summed E-state index contributed by atoms with van der Waals surface area (Å²) in [6, 6.07) is 11.6. The second kappa shape index (κ2) is 8.04. The van der Waals surface area contributed by atoms with Crippen LogP contribution in [-0.2, 0) is 4.79 Å². The van der Waals surface area contributed by atoms with Crippen molar-refractivity contribution in [3.05, 3.63) is 57.9 Å². The van der Waals surface area contributed by atoms with Crippen LogP contribution in [0, 0.1) is 25.2 Å². The van der Waals surface area contributed by atoms with Gasteiger partial charge in [0.15, 0.2) is 0 Å². The Morgan fingerprint density at radius 3 is 2.72 bits per heavy atom.